The first-order valence-electron chi connectivity index (χ1n) is 5.95. The quantitative estimate of drug-likeness (QED) is 0.876. The van der Waals surface area contributed by atoms with Gasteiger partial charge < -0.3 is 10.5 Å². The van der Waals surface area contributed by atoms with Gasteiger partial charge in [-0.25, -0.2) is 0 Å². The van der Waals surface area contributed by atoms with Gasteiger partial charge in [0.1, 0.15) is 5.75 Å². The molecule has 0 radical (unpaired) electrons. The molecule has 2 rings (SSSR count). The van der Waals surface area contributed by atoms with Crippen LogP contribution in [0.3, 0.4) is 0 Å². The summed E-state index contributed by atoms with van der Waals surface area (Å²) in [5.74, 6) is 0.843. The van der Waals surface area contributed by atoms with E-state index in [0.717, 1.165) is 5.56 Å². The summed E-state index contributed by atoms with van der Waals surface area (Å²) in [6.07, 6.45) is 0. The number of nitrogens with two attached hydrogens (primary N) is 1. The molecule has 0 spiro atoms. The van der Waals surface area contributed by atoms with E-state index < -0.39 is 10.8 Å². The molecule has 20 heavy (non-hydrogen) atoms. The van der Waals surface area contributed by atoms with E-state index in [4.69, 9.17) is 15.7 Å². The third-order valence-electron chi connectivity index (χ3n) is 2.79. The van der Waals surface area contributed by atoms with Crippen LogP contribution in [0.1, 0.15) is 11.1 Å². The van der Waals surface area contributed by atoms with E-state index in [2.05, 4.69) is 6.07 Å². The van der Waals surface area contributed by atoms with Crippen LogP contribution in [-0.4, -0.2) is 11.3 Å². The van der Waals surface area contributed by atoms with Crippen molar-refractivity contribution in [1.82, 2.24) is 0 Å². The highest BCUT2D eigenvalue weighted by Gasteiger charge is 2.12. The van der Waals surface area contributed by atoms with E-state index in [0.29, 0.717) is 27.6 Å². The lowest BCUT2D eigenvalue weighted by molar-refractivity contribution is 0.404. The molecule has 1 atom stereocenters. The van der Waals surface area contributed by atoms with Crippen molar-refractivity contribution in [1.29, 1.82) is 5.26 Å². The van der Waals surface area contributed by atoms with Gasteiger partial charge in [-0.3, -0.25) is 4.21 Å². The van der Waals surface area contributed by atoms with E-state index in [9.17, 15) is 4.21 Å². The highest BCUT2D eigenvalue weighted by Crippen LogP contribution is 2.26. The molecular weight excluding hydrogens is 272 g/mol. The summed E-state index contributed by atoms with van der Waals surface area (Å²) < 4.78 is 17.6. The smallest absolute Gasteiger partial charge is 0.137 e. The Labute approximate surface area is 120 Å². The first-order chi connectivity index (χ1) is 9.63. The van der Waals surface area contributed by atoms with Crippen LogP contribution in [0.25, 0.3) is 0 Å². The van der Waals surface area contributed by atoms with Crippen molar-refractivity contribution in [2.24, 2.45) is 0 Å². The molecule has 2 aromatic rings. The topological polar surface area (TPSA) is 76.1 Å². The van der Waals surface area contributed by atoms with Gasteiger partial charge in [0.15, 0.2) is 0 Å². The number of nitriles is 1. The third kappa shape index (κ3) is 3.16. The molecule has 0 aliphatic carbocycles. The van der Waals surface area contributed by atoms with Crippen molar-refractivity contribution in [2.45, 2.75) is 10.6 Å². The number of rotatable bonds is 4. The van der Waals surface area contributed by atoms with Gasteiger partial charge in [0.2, 0.25) is 0 Å². The predicted octanol–water partition coefficient (Wildman–Crippen LogP) is 2.46. The van der Waals surface area contributed by atoms with Gasteiger partial charge in [-0.15, -0.1) is 0 Å². The molecule has 2 N–H and O–H groups in total. The standard InChI is InChI=1S/C15H14N2O2S/c1-19-14-8-13(17)5-6-15(14)20(18)10-12-4-2-3-11(7-12)9-16/h2-8H,10,17H2,1H3. The SMILES string of the molecule is COc1cc(N)ccc1S(=O)Cc1cccc(C#N)c1. The van der Waals surface area contributed by atoms with Gasteiger partial charge in [0.25, 0.3) is 0 Å². The fourth-order valence-corrected chi connectivity index (χ4v) is 3.06. The number of hydrogen-bond acceptors (Lipinski definition) is 4. The molecule has 5 heteroatoms. The molecular formula is C15H14N2O2S. The van der Waals surface area contributed by atoms with Crippen molar-refractivity contribution >= 4 is 16.5 Å². The van der Waals surface area contributed by atoms with Gasteiger partial charge in [-0.05, 0) is 29.8 Å². The van der Waals surface area contributed by atoms with E-state index in [1.165, 1.54) is 7.11 Å². The maximum atomic E-state index is 12.4. The summed E-state index contributed by atoms with van der Waals surface area (Å²) in [6.45, 7) is 0. The number of methoxy groups -OCH3 is 1. The minimum atomic E-state index is -1.25. The largest absolute Gasteiger partial charge is 0.495 e. The van der Waals surface area contributed by atoms with Crippen LogP contribution < -0.4 is 10.5 Å². The van der Waals surface area contributed by atoms with Crippen LogP contribution in [0, 0.1) is 11.3 Å². The number of anilines is 1. The van der Waals surface area contributed by atoms with Crippen molar-refractivity contribution in [3.05, 3.63) is 53.6 Å². The van der Waals surface area contributed by atoms with E-state index >= 15 is 0 Å². The minimum Gasteiger partial charge on any atom is -0.495 e. The van der Waals surface area contributed by atoms with Gasteiger partial charge in [-0.2, -0.15) is 5.26 Å². The molecule has 0 aliphatic heterocycles. The first-order valence-corrected chi connectivity index (χ1v) is 7.27. The van der Waals surface area contributed by atoms with Crippen LogP contribution >= 0.6 is 0 Å². The number of ether oxygens (including phenoxy) is 1. The Balaban J connectivity index is 2.26. The van der Waals surface area contributed by atoms with Gasteiger partial charge in [-0.1, -0.05) is 12.1 Å². The molecule has 2 aromatic carbocycles. The molecule has 0 aliphatic rings. The zero-order valence-corrected chi connectivity index (χ0v) is 11.8. The highest BCUT2D eigenvalue weighted by molar-refractivity contribution is 7.84. The predicted molar refractivity (Wildman–Crippen MR) is 78.7 cm³/mol. The van der Waals surface area contributed by atoms with Gasteiger partial charge in [0.05, 0.1) is 40.2 Å². The lowest BCUT2D eigenvalue weighted by atomic mass is 10.2. The lowest BCUT2D eigenvalue weighted by Gasteiger charge is -2.09. The summed E-state index contributed by atoms with van der Waals surface area (Å²) in [5, 5.41) is 8.87. The van der Waals surface area contributed by atoms with E-state index in [-0.39, 0.29) is 0 Å². The average molecular weight is 286 g/mol. The van der Waals surface area contributed by atoms with Crippen molar-refractivity contribution in [3.8, 4) is 11.8 Å². The number of nitrogen functional groups attached to an aromatic ring is 1. The Bertz CT molecular complexity index is 693. The highest BCUT2D eigenvalue weighted by atomic mass is 32.2. The van der Waals surface area contributed by atoms with Crippen molar-refractivity contribution in [3.63, 3.8) is 0 Å². The van der Waals surface area contributed by atoms with E-state index in [1.54, 1.807) is 36.4 Å². The Morgan fingerprint density at radius 1 is 1.30 bits per heavy atom. The monoisotopic (exact) mass is 286 g/mol. The second-order valence-corrected chi connectivity index (χ2v) is 5.63. The van der Waals surface area contributed by atoms with Crippen LogP contribution in [0.15, 0.2) is 47.4 Å². The van der Waals surface area contributed by atoms with Crippen LogP contribution in [0.2, 0.25) is 0 Å². The second-order valence-electron chi connectivity index (χ2n) is 4.21. The summed E-state index contributed by atoms with van der Waals surface area (Å²) in [5.41, 5.74) is 7.65. The Hall–Kier alpha value is -2.32. The van der Waals surface area contributed by atoms with E-state index in [1.807, 2.05) is 6.07 Å². The molecule has 0 heterocycles. The molecule has 0 fully saturated rings. The van der Waals surface area contributed by atoms with Crippen molar-refractivity contribution in [2.75, 3.05) is 12.8 Å². The maximum Gasteiger partial charge on any atom is 0.137 e. The molecule has 0 saturated heterocycles. The molecule has 1 unspecified atom stereocenters. The molecule has 0 saturated carbocycles. The number of benzene rings is 2. The summed E-state index contributed by atoms with van der Waals surface area (Å²) in [7, 11) is 0.265. The summed E-state index contributed by atoms with van der Waals surface area (Å²) >= 11 is 0. The van der Waals surface area contributed by atoms with Crippen LogP contribution in [0.4, 0.5) is 5.69 Å². The zero-order chi connectivity index (χ0) is 14.5. The zero-order valence-electron chi connectivity index (χ0n) is 11.0. The van der Waals surface area contributed by atoms with Crippen LogP contribution in [-0.2, 0) is 16.6 Å². The molecule has 4 nitrogen and oxygen atoms in total. The second kappa shape index (κ2) is 6.22. The fraction of sp³-hybridized carbons (Fsp3) is 0.133. The average Bonchev–Trinajstić information content (AvgIpc) is 2.47. The number of nitrogens with zero attached hydrogens (tertiary/aromatic N) is 1. The third-order valence-corrected chi connectivity index (χ3v) is 4.21. The molecule has 0 amide bonds. The number of hydrogen-bond donors (Lipinski definition) is 1. The minimum absolute atomic E-state index is 0.329. The maximum absolute atomic E-state index is 12.4. The summed E-state index contributed by atoms with van der Waals surface area (Å²) in [4.78, 5) is 0.601. The molecule has 0 bridgehead atoms. The molecule has 102 valence electrons. The van der Waals surface area contributed by atoms with Gasteiger partial charge in [0, 0.05) is 11.8 Å². The van der Waals surface area contributed by atoms with Gasteiger partial charge >= 0.3 is 0 Å². The first kappa shape index (κ1) is 14.1. The Morgan fingerprint density at radius 2 is 2.10 bits per heavy atom. The fourth-order valence-electron chi connectivity index (χ4n) is 1.83. The van der Waals surface area contributed by atoms with Crippen molar-refractivity contribution < 1.29 is 8.95 Å². The normalized spacial score (nSPS) is 11.6. The van der Waals surface area contributed by atoms with Crippen LogP contribution in [0.5, 0.6) is 5.75 Å². The Kier molecular flexibility index (Phi) is 4.38. The summed E-state index contributed by atoms with van der Waals surface area (Å²) in [6, 6.07) is 14.2. The Morgan fingerprint density at radius 3 is 2.80 bits per heavy atom. The lowest BCUT2D eigenvalue weighted by Crippen LogP contribution is -2.00. The molecule has 0 aromatic heterocycles.